The molecule has 0 saturated carbocycles. The molecule has 2 saturated heterocycles. The Kier molecular flexibility index (Phi) is 3.78. The van der Waals surface area contributed by atoms with Gasteiger partial charge < -0.3 is 4.52 Å². The molecule has 3 aromatic rings. The zero-order valence-electron chi connectivity index (χ0n) is 14.7. The summed E-state index contributed by atoms with van der Waals surface area (Å²) in [4.78, 5) is 15.8. The molecule has 3 atom stereocenters. The van der Waals surface area contributed by atoms with Crippen LogP contribution < -0.4 is 0 Å². The van der Waals surface area contributed by atoms with Gasteiger partial charge >= 0.3 is 0 Å². The third-order valence-electron chi connectivity index (χ3n) is 5.67. The Hall–Kier alpha value is -2.60. The molecular weight excluding hydrogens is 326 g/mol. The molecule has 0 spiro atoms. The molecule has 0 aliphatic carbocycles. The van der Waals surface area contributed by atoms with Gasteiger partial charge in [-0.25, -0.2) is 9.97 Å². The van der Waals surface area contributed by atoms with Crippen LogP contribution in [0.25, 0.3) is 11.5 Å². The van der Waals surface area contributed by atoms with Crippen molar-refractivity contribution in [2.24, 2.45) is 0 Å². The molecule has 2 aliphatic rings. The van der Waals surface area contributed by atoms with Crippen molar-refractivity contribution in [2.75, 3.05) is 6.54 Å². The third-order valence-corrected chi connectivity index (χ3v) is 5.67. The Balaban J connectivity index is 1.44. The Bertz CT molecular complexity index is 892. The minimum absolute atomic E-state index is 0.312. The molecule has 0 unspecified atom stereocenters. The zero-order chi connectivity index (χ0) is 17.5. The second-order valence-corrected chi connectivity index (χ2v) is 7.19. The predicted molar refractivity (Wildman–Crippen MR) is 96.3 cm³/mol. The molecule has 26 heavy (non-hydrogen) atoms. The highest BCUT2D eigenvalue weighted by Crippen LogP contribution is 2.48. The number of rotatable bonds is 3. The maximum absolute atomic E-state index is 5.53. The Morgan fingerprint density at radius 1 is 1.12 bits per heavy atom. The maximum Gasteiger partial charge on any atom is 0.261 e. The van der Waals surface area contributed by atoms with Crippen molar-refractivity contribution < 1.29 is 4.52 Å². The van der Waals surface area contributed by atoms with Gasteiger partial charge in [-0.3, -0.25) is 4.90 Å². The summed E-state index contributed by atoms with van der Waals surface area (Å²) in [5, 5.41) is 4.32. The van der Waals surface area contributed by atoms with Gasteiger partial charge in [0.25, 0.3) is 5.89 Å². The fourth-order valence-electron chi connectivity index (χ4n) is 4.45. The summed E-state index contributed by atoms with van der Waals surface area (Å²) in [5.41, 5.74) is 2.16. The number of fused-ring (bicyclic) bond motifs is 1. The zero-order valence-corrected chi connectivity index (χ0v) is 14.7. The normalized spacial score (nSPS) is 25.5. The van der Waals surface area contributed by atoms with E-state index in [2.05, 4.69) is 50.4 Å². The molecule has 0 radical (unpaired) electrons. The van der Waals surface area contributed by atoms with Crippen LogP contribution in [0.1, 0.15) is 48.4 Å². The van der Waals surface area contributed by atoms with Crippen LogP contribution in [0.3, 0.4) is 0 Å². The van der Waals surface area contributed by atoms with Gasteiger partial charge in [0.2, 0.25) is 0 Å². The third kappa shape index (κ3) is 2.61. The topological polar surface area (TPSA) is 67.9 Å². The lowest BCUT2D eigenvalue weighted by atomic mass is 9.94. The van der Waals surface area contributed by atoms with E-state index in [4.69, 9.17) is 9.51 Å². The lowest BCUT2D eigenvalue weighted by molar-refractivity contribution is 0.243. The van der Waals surface area contributed by atoms with Crippen molar-refractivity contribution in [3.63, 3.8) is 0 Å². The first-order valence-electron chi connectivity index (χ1n) is 9.23. The number of benzene rings is 1. The summed E-state index contributed by atoms with van der Waals surface area (Å²) in [7, 11) is 0. The summed E-state index contributed by atoms with van der Waals surface area (Å²) in [6.07, 6.45) is 6.95. The predicted octanol–water partition coefficient (Wildman–Crippen LogP) is 3.53. The highest BCUT2D eigenvalue weighted by atomic mass is 16.5. The van der Waals surface area contributed by atoms with Crippen LogP contribution in [0.2, 0.25) is 0 Å². The van der Waals surface area contributed by atoms with E-state index in [1.54, 1.807) is 12.4 Å². The molecular formula is C20H21N5O. The van der Waals surface area contributed by atoms with Gasteiger partial charge in [0.1, 0.15) is 5.82 Å². The summed E-state index contributed by atoms with van der Waals surface area (Å²) in [6.45, 7) is 3.01. The smallest absolute Gasteiger partial charge is 0.261 e. The summed E-state index contributed by atoms with van der Waals surface area (Å²) in [6, 6.07) is 11.7. The summed E-state index contributed by atoms with van der Waals surface area (Å²) in [5.74, 6) is 2.37. The quantitative estimate of drug-likeness (QED) is 0.722. The molecule has 4 heterocycles. The van der Waals surface area contributed by atoms with Crippen LogP contribution in [0, 0.1) is 6.92 Å². The van der Waals surface area contributed by atoms with Crippen molar-refractivity contribution in [1.82, 2.24) is 25.0 Å². The molecule has 0 N–H and O–H groups in total. The number of aryl methyl sites for hydroxylation is 1. The van der Waals surface area contributed by atoms with Crippen LogP contribution in [0.5, 0.6) is 0 Å². The van der Waals surface area contributed by atoms with Crippen molar-refractivity contribution >= 4 is 0 Å². The second kappa shape index (κ2) is 6.29. The standard InChI is InChI=1S/C20H21N5O/c1-13-21-11-15(12-22-13)20-23-19(24-26-20)16-10-18(14-6-3-2-4-7-14)25-9-5-8-17(16)25/h2-4,6-7,11-12,16-18H,5,8-10H2,1H3/t16-,17+,18-/m1/s1. The van der Waals surface area contributed by atoms with E-state index in [0.717, 1.165) is 30.2 Å². The molecule has 132 valence electrons. The van der Waals surface area contributed by atoms with Gasteiger partial charge in [0.15, 0.2) is 5.82 Å². The van der Waals surface area contributed by atoms with Crippen molar-refractivity contribution in [3.05, 3.63) is 59.9 Å². The van der Waals surface area contributed by atoms with E-state index in [1.165, 1.54) is 18.4 Å². The van der Waals surface area contributed by atoms with Crippen LogP contribution >= 0.6 is 0 Å². The van der Waals surface area contributed by atoms with Gasteiger partial charge in [-0.05, 0) is 38.3 Å². The molecule has 0 bridgehead atoms. The van der Waals surface area contributed by atoms with E-state index >= 15 is 0 Å². The molecule has 1 aromatic carbocycles. The fraction of sp³-hybridized carbons (Fsp3) is 0.400. The molecule has 2 aliphatic heterocycles. The first-order valence-corrected chi connectivity index (χ1v) is 9.23. The molecule has 6 nitrogen and oxygen atoms in total. The van der Waals surface area contributed by atoms with E-state index in [-0.39, 0.29) is 0 Å². The number of hydrogen-bond donors (Lipinski definition) is 0. The first-order chi connectivity index (χ1) is 12.8. The number of hydrogen-bond acceptors (Lipinski definition) is 6. The van der Waals surface area contributed by atoms with Crippen LogP contribution in [0.4, 0.5) is 0 Å². The first kappa shape index (κ1) is 15.6. The van der Waals surface area contributed by atoms with Crippen molar-refractivity contribution in [2.45, 2.75) is 44.2 Å². The molecule has 6 heteroatoms. The average molecular weight is 347 g/mol. The Morgan fingerprint density at radius 3 is 2.73 bits per heavy atom. The molecule has 5 rings (SSSR count). The van der Waals surface area contributed by atoms with E-state index in [1.807, 2.05) is 6.92 Å². The lowest BCUT2D eigenvalue weighted by Gasteiger charge is -2.24. The van der Waals surface area contributed by atoms with Gasteiger partial charge in [-0.1, -0.05) is 35.5 Å². The van der Waals surface area contributed by atoms with Gasteiger partial charge in [-0.2, -0.15) is 4.98 Å². The van der Waals surface area contributed by atoms with Gasteiger partial charge in [0.05, 0.1) is 5.56 Å². The largest absolute Gasteiger partial charge is 0.334 e. The van der Waals surface area contributed by atoms with E-state index < -0.39 is 0 Å². The fourth-order valence-corrected chi connectivity index (χ4v) is 4.45. The maximum atomic E-state index is 5.53. The highest BCUT2D eigenvalue weighted by Gasteiger charge is 2.46. The van der Waals surface area contributed by atoms with E-state index in [9.17, 15) is 0 Å². The van der Waals surface area contributed by atoms with Crippen LogP contribution in [-0.4, -0.2) is 37.6 Å². The molecule has 0 amide bonds. The molecule has 2 fully saturated rings. The SMILES string of the molecule is Cc1ncc(-c2nc([C@@H]3C[C@H](c4ccccc4)N4CCC[C@@H]34)no2)cn1. The Labute approximate surface area is 152 Å². The monoisotopic (exact) mass is 347 g/mol. The van der Waals surface area contributed by atoms with E-state index in [0.29, 0.717) is 23.9 Å². The van der Waals surface area contributed by atoms with Crippen LogP contribution in [0.15, 0.2) is 47.2 Å². The number of aromatic nitrogens is 4. The minimum atomic E-state index is 0.312. The highest BCUT2D eigenvalue weighted by molar-refractivity contribution is 5.49. The van der Waals surface area contributed by atoms with Gasteiger partial charge in [0, 0.05) is 30.4 Å². The summed E-state index contributed by atoms with van der Waals surface area (Å²) >= 11 is 0. The lowest BCUT2D eigenvalue weighted by Crippen LogP contribution is -2.27. The van der Waals surface area contributed by atoms with Crippen molar-refractivity contribution in [1.29, 1.82) is 0 Å². The minimum Gasteiger partial charge on any atom is -0.334 e. The van der Waals surface area contributed by atoms with Crippen molar-refractivity contribution in [3.8, 4) is 11.5 Å². The molecule has 2 aromatic heterocycles. The van der Waals surface area contributed by atoms with Gasteiger partial charge in [-0.15, -0.1) is 0 Å². The number of nitrogens with zero attached hydrogens (tertiary/aromatic N) is 5. The average Bonchev–Trinajstić information content (AvgIpc) is 3.39. The second-order valence-electron chi connectivity index (χ2n) is 7.19. The Morgan fingerprint density at radius 2 is 1.92 bits per heavy atom. The van der Waals surface area contributed by atoms with Crippen LogP contribution in [-0.2, 0) is 0 Å². The summed E-state index contributed by atoms with van der Waals surface area (Å²) < 4.78 is 5.53.